The Hall–Kier alpha value is -1.34. The summed E-state index contributed by atoms with van der Waals surface area (Å²) in [5.41, 5.74) is -0.541. The molecule has 8 heteroatoms. The molecule has 1 aromatic heterocycles. The summed E-state index contributed by atoms with van der Waals surface area (Å²) >= 11 is 7.20. The van der Waals surface area contributed by atoms with Gasteiger partial charge in [0.05, 0.1) is 4.92 Å². The number of carbonyl (C=O) groups is 1. The Morgan fingerprint density at radius 3 is 2.94 bits per heavy atom. The first-order valence-electron chi connectivity index (χ1n) is 5.06. The Balaban J connectivity index is 2.99. The van der Waals surface area contributed by atoms with Crippen LogP contribution in [0.1, 0.15) is 17.3 Å². The summed E-state index contributed by atoms with van der Waals surface area (Å²) in [7, 11) is 0. The van der Waals surface area contributed by atoms with Gasteiger partial charge in [0.1, 0.15) is 5.56 Å². The van der Waals surface area contributed by atoms with Crippen LogP contribution in [0.3, 0.4) is 0 Å². The number of nitrogens with zero attached hydrogens (tertiary/aromatic N) is 2. The summed E-state index contributed by atoms with van der Waals surface area (Å²) < 4.78 is 0. The van der Waals surface area contributed by atoms with Crippen LogP contribution in [0.5, 0.6) is 0 Å². The van der Waals surface area contributed by atoms with Crippen LogP contribution in [0.25, 0.3) is 0 Å². The third-order valence-electron chi connectivity index (χ3n) is 2.10. The van der Waals surface area contributed by atoms with Crippen LogP contribution in [0.4, 0.5) is 5.69 Å². The van der Waals surface area contributed by atoms with Crippen molar-refractivity contribution in [2.24, 2.45) is 0 Å². The fourth-order valence-corrected chi connectivity index (χ4v) is 2.19. The summed E-state index contributed by atoms with van der Waals surface area (Å²) in [6.45, 7) is 1.82. The first-order valence-corrected chi connectivity index (χ1v) is 6.83. The Bertz CT molecular complexity index is 470. The molecule has 1 rings (SSSR count). The molecule has 1 amide bonds. The Morgan fingerprint density at radius 1 is 1.72 bits per heavy atom. The second-order valence-corrected chi connectivity index (χ2v) is 4.85. The fourth-order valence-electron chi connectivity index (χ4n) is 1.38. The lowest BCUT2D eigenvalue weighted by molar-refractivity contribution is -0.385. The van der Waals surface area contributed by atoms with E-state index in [-0.39, 0.29) is 16.8 Å². The highest BCUT2D eigenvalue weighted by molar-refractivity contribution is 7.98. The van der Waals surface area contributed by atoms with Crippen LogP contribution in [0.2, 0.25) is 5.15 Å². The number of nitrogens with one attached hydrogen (secondary N) is 1. The zero-order valence-electron chi connectivity index (χ0n) is 9.84. The number of carbonyl (C=O) groups excluding carboxylic acids is 1. The maximum Gasteiger partial charge on any atom is 0.319 e. The average molecular weight is 290 g/mol. The molecule has 0 bridgehead atoms. The van der Waals surface area contributed by atoms with Crippen LogP contribution in [-0.4, -0.2) is 33.9 Å². The maximum atomic E-state index is 11.9. The lowest BCUT2D eigenvalue weighted by atomic mass is 10.2. The molecule has 0 radical (unpaired) electrons. The van der Waals surface area contributed by atoms with Crippen molar-refractivity contribution < 1.29 is 9.72 Å². The number of thioether (sulfide) groups is 1. The van der Waals surface area contributed by atoms with Crippen molar-refractivity contribution in [3.8, 4) is 0 Å². The lowest BCUT2D eigenvalue weighted by Gasteiger charge is -2.12. The van der Waals surface area contributed by atoms with Crippen molar-refractivity contribution in [2.75, 3.05) is 12.0 Å². The number of hydrogen-bond donors (Lipinski definition) is 1. The van der Waals surface area contributed by atoms with Crippen molar-refractivity contribution >= 4 is 35.0 Å². The predicted octanol–water partition coefficient (Wildman–Crippen LogP) is 2.12. The Kier molecular flexibility index (Phi) is 5.36. The standard InChI is InChI=1S/C10H12ClN3O3S/c1-6(5-18-2)13-10(15)7-3-4-12-9(11)8(7)14(16)17/h3-4,6H,5H2,1-2H3,(H,13,15). The molecule has 0 saturated carbocycles. The van der Waals surface area contributed by atoms with E-state index in [0.29, 0.717) is 0 Å². The number of amides is 1. The number of rotatable bonds is 5. The monoisotopic (exact) mass is 289 g/mol. The maximum absolute atomic E-state index is 11.9. The minimum absolute atomic E-state index is 0.0760. The van der Waals surface area contributed by atoms with E-state index in [2.05, 4.69) is 10.3 Å². The summed E-state index contributed by atoms with van der Waals surface area (Å²) in [4.78, 5) is 25.6. The predicted molar refractivity (Wildman–Crippen MR) is 71.2 cm³/mol. The second-order valence-electron chi connectivity index (χ2n) is 3.58. The quantitative estimate of drug-likeness (QED) is 0.510. The molecular formula is C10H12ClN3O3S. The molecule has 0 aliphatic heterocycles. The zero-order chi connectivity index (χ0) is 13.7. The molecule has 0 aliphatic rings. The summed E-state index contributed by atoms with van der Waals surface area (Å²) in [6, 6.07) is 1.20. The highest BCUT2D eigenvalue weighted by atomic mass is 35.5. The van der Waals surface area contributed by atoms with Crippen molar-refractivity contribution in [2.45, 2.75) is 13.0 Å². The molecule has 0 fully saturated rings. The van der Waals surface area contributed by atoms with E-state index in [1.165, 1.54) is 12.3 Å². The summed E-state index contributed by atoms with van der Waals surface area (Å²) in [5.74, 6) is 0.200. The highest BCUT2D eigenvalue weighted by Crippen LogP contribution is 2.25. The smallest absolute Gasteiger partial charge is 0.319 e. The Labute approximate surface area is 113 Å². The lowest BCUT2D eigenvalue weighted by Crippen LogP contribution is -2.34. The number of pyridine rings is 1. The molecule has 1 unspecified atom stereocenters. The molecular weight excluding hydrogens is 278 g/mol. The van der Waals surface area contributed by atoms with Gasteiger partial charge in [0.2, 0.25) is 5.15 Å². The Morgan fingerprint density at radius 2 is 2.39 bits per heavy atom. The van der Waals surface area contributed by atoms with Gasteiger partial charge in [-0.3, -0.25) is 14.9 Å². The molecule has 0 aromatic carbocycles. The van der Waals surface area contributed by atoms with Crippen LogP contribution in [0.15, 0.2) is 12.3 Å². The van der Waals surface area contributed by atoms with Gasteiger partial charge in [-0.05, 0) is 19.2 Å². The van der Waals surface area contributed by atoms with Gasteiger partial charge in [-0.25, -0.2) is 4.98 Å². The molecule has 1 aromatic rings. The third kappa shape index (κ3) is 3.58. The van der Waals surface area contributed by atoms with E-state index in [9.17, 15) is 14.9 Å². The average Bonchev–Trinajstić information content (AvgIpc) is 2.28. The molecule has 1 heterocycles. The highest BCUT2D eigenvalue weighted by Gasteiger charge is 2.25. The van der Waals surface area contributed by atoms with E-state index in [1.54, 1.807) is 11.8 Å². The van der Waals surface area contributed by atoms with Crippen molar-refractivity contribution in [1.29, 1.82) is 0 Å². The van der Waals surface area contributed by atoms with E-state index in [4.69, 9.17) is 11.6 Å². The van der Waals surface area contributed by atoms with E-state index in [0.717, 1.165) is 5.75 Å². The fraction of sp³-hybridized carbons (Fsp3) is 0.400. The molecule has 18 heavy (non-hydrogen) atoms. The molecule has 1 atom stereocenters. The first kappa shape index (κ1) is 14.7. The van der Waals surface area contributed by atoms with Gasteiger partial charge in [0, 0.05) is 18.0 Å². The van der Waals surface area contributed by atoms with Gasteiger partial charge in [-0.2, -0.15) is 11.8 Å². The summed E-state index contributed by atoms with van der Waals surface area (Å²) in [5, 5.41) is 13.2. The van der Waals surface area contributed by atoms with Gasteiger partial charge < -0.3 is 5.32 Å². The largest absolute Gasteiger partial charge is 0.349 e. The molecule has 0 saturated heterocycles. The number of halogens is 1. The number of hydrogen-bond acceptors (Lipinski definition) is 5. The van der Waals surface area contributed by atoms with Gasteiger partial charge >= 0.3 is 5.69 Å². The zero-order valence-corrected chi connectivity index (χ0v) is 11.4. The van der Waals surface area contributed by atoms with E-state index < -0.39 is 16.5 Å². The minimum atomic E-state index is -0.705. The van der Waals surface area contributed by atoms with Crippen LogP contribution >= 0.6 is 23.4 Å². The van der Waals surface area contributed by atoms with Crippen LogP contribution in [0, 0.1) is 10.1 Å². The number of nitro groups is 1. The third-order valence-corrected chi connectivity index (χ3v) is 3.21. The molecule has 0 aliphatic carbocycles. The molecule has 98 valence electrons. The molecule has 0 spiro atoms. The van der Waals surface area contributed by atoms with Crippen molar-refractivity contribution in [3.63, 3.8) is 0 Å². The van der Waals surface area contributed by atoms with Crippen molar-refractivity contribution in [3.05, 3.63) is 33.1 Å². The van der Waals surface area contributed by atoms with Gasteiger partial charge in [-0.1, -0.05) is 11.6 Å². The second kappa shape index (κ2) is 6.55. The number of aromatic nitrogens is 1. The summed E-state index contributed by atoms with van der Waals surface area (Å²) in [6.07, 6.45) is 3.18. The minimum Gasteiger partial charge on any atom is -0.349 e. The van der Waals surface area contributed by atoms with Crippen molar-refractivity contribution in [1.82, 2.24) is 10.3 Å². The SMILES string of the molecule is CSCC(C)NC(=O)c1ccnc(Cl)c1[N+](=O)[O-]. The first-order chi connectivity index (χ1) is 8.47. The van der Waals surface area contributed by atoms with Crippen LogP contribution < -0.4 is 5.32 Å². The van der Waals surface area contributed by atoms with Gasteiger partial charge in [0.25, 0.3) is 5.91 Å². The molecule has 6 nitrogen and oxygen atoms in total. The van der Waals surface area contributed by atoms with E-state index in [1.807, 2.05) is 13.2 Å². The topological polar surface area (TPSA) is 85.1 Å². The normalized spacial score (nSPS) is 11.9. The van der Waals surface area contributed by atoms with E-state index >= 15 is 0 Å². The van der Waals surface area contributed by atoms with Crippen LogP contribution in [-0.2, 0) is 0 Å². The molecule has 1 N–H and O–H groups in total. The van der Waals surface area contributed by atoms with Gasteiger partial charge in [-0.15, -0.1) is 0 Å². The van der Waals surface area contributed by atoms with Gasteiger partial charge in [0.15, 0.2) is 0 Å².